The molecule has 2 aliphatic heterocycles. The third-order valence-corrected chi connectivity index (χ3v) is 7.00. The van der Waals surface area contributed by atoms with E-state index < -0.39 is 12.0 Å². The van der Waals surface area contributed by atoms with Gasteiger partial charge in [-0.25, -0.2) is 4.39 Å². The Bertz CT molecular complexity index is 1450. The van der Waals surface area contributed by atoms with Crippen molar-refractivity contribution in [1.82, 2.24) is 4.90 Å². The third-order valence-electron chi connectivity index (χ3n) is 7.00. The fraction of sp³-hybridized carbons (Fsp3) is 0.290. The Hall–Kier alpha value is -4.51. The van der Waals surface area contributed by atoms with Gasteiger partial charge in [-0.1, -0.05) is 24.0 Å². The van der Waals surface area contributed by atoms with E-state index in [0.29, 0.717) is 60.6 Å². The van der Waals surface area contributed by atoms with Gasteiger partial charge in [0.2, 0.25) is 0 Å². The smallest absolute Gasteiger partial charge is 0.303 e. The van der Waals surface area contributed by atoms with Crippen LogP contribution in [0.5, 0.6) is 5.75 Å². The van der Waals surface area contributed by atoms with Crippen LogP contribution >= 0.6 is 0 Å². The second-order valence-electron chi connectivity index (χ2n) is 9.68. The van der Waals surface area contributed by atoms with Crippen molar-refractivity contribution in [2.45, 2.75) is 37.6 Å². The summed E-state index contributed by atoms with van der Waals surface area (Å²) in [6, 6.07) is 13.4. The summed E-state index contributed by atoms with van der Waals surface area (Å²) < 4.78 is 18.8. The predicted molar refractivity (Wildman–Crippen MR) is 147 cm³/mol. The monoisotopic (exact) mass is 525 g/mol. The van der Waals surface area contributed by atoms with Crippen LogP contribution in [-0.4, -0.2) is 59.5 Å². The fourth-order valence-corrected chi connectivity index (χ4v) is 4.79. The van der Waals surface area contributed by atoms with Crippen molar-refractivity contribution in [2.24, 2.45) is 9.98 Å². The summed E-state index contributed by atoms with van der Waals surface area (Å²) >= 11 is 0. The number of fused-ring (bicyclic) bond motifs is 1. The Labute approximate surface area is 226 Å². The lowest BCUT2D eigenvalue weighted by molar-refractivity contribution is -0.137. The number of methoxy groups -OCH3 is 1. The molecule has 0 radical (unpaired) electrons. The van der Waals surface area contributed by atoms with E-state index in [2.05, 4.69) is 11.8 Å². The number of halogens is 1. The topological polar surface area (TPSA) is 91.6 Å². The van der Waals surface area contributed by atoms with E-state index in [1.165, 1.54) is 17.7 Å². The van der Waals surface area contributed by atoms with Crippen LogP contribution in [0.2, 0.25) is 0 Å². The van der Waals surface area contributed by atoms with Gasteiger partial charge in [0.25, 0.3) is 5.91 Å². The van der Waals surface area contributed by atoms with Crippen molar-refractivity contribution in [3.8, 4) is 17.6 Å². The number of carboxylic acid groups (broad SMARTS) is 1. The molecule has 39 heavy (non-hydrogen) atoms. The molecule has 8 heteroatoms. The molecule has 5 rings (SSSR count). The molecule has 1 atom stereocenters. The SMILES string of the molecule is COc1ccc(C2CN(C(=O)C3=CC#CC4N=C(c5ccc(F)cc5)C(CCCCC(=O)O)=NC4=C3)C2)cc1. The maximum absolute atomic E-state index is 13.6. The highest BCUT2D eigenvalue weighted by atomic mass is 19.1. The zero-order chi connectivity index (χ0) is 27.4. The van der Waals surface area contributed by atoms with E-state index >= 15 is 0 Å². The van der Waals surface area contributed by atoms with Gasteiger partial charge in [0, 0.05) is 42.6 Å². The largest absolute Gasteiger partial charge is 0.497 e. The van der Waals surface area contributed by atoms with Gasteiger partial charge >= 0.3 is 5.97 Å². The Morgan fingerprint density at radius 3 is 2.54 bits per heavy atom. The number of unbranched alkanes of at least 4 members (excludes halogenated alkanes) is 1. The molecule has 0 saturated carbocycles. The zero-order valence-electron chi connectivity index (χ0n) is 21.6. The highest BCUT2D eigenvalue weighted by Gasteiger charge is 2.33. The standard InChI is InChI=1S/C31H28FN3O4/c1-39-25-15-11-20(12-16-25)23-18-35(19-23)31(38)22-5-4-7-26-28(17-22)33-27(6-2-3-8-29(36)37)30(34-26)21-9-13-24(32)14-10-21/h5,9-17,23,26H,2-3,6,8,18-19H2,1H3,(H,36,37). The number of carbonyl (C=O) groups is 2. The second-order valence-corrected chi connectivity index (χ2v) is 9.68. The first-order valence-electron chi connectivity index (χ1n) is 12.9. The van der Waals surface area contributed by atoms with Gasteiger partial charge in [-0.2, -0.15) is 0 Å². The molecule has 1 N–H and O–H groups in total. The number of carbonyl (C=O) groups excluding carboxylic acids is 1. The Morgan fingerprint density at radius 1 is 1.10 bits per heavy atom. The first-order valence-corrected chi connectivity index (χ1v) is 12.9. The summed E-state index contributed by atoms with van der Waals surface area (Å²) in [5.74, 6) is 5.82. The van der Waals surface area contributed by atoms with E-state index in [1.807, 2.05) is 24.3 Å². The molecule has 0 aromatic heterocycles. The molecular weight excluding hydrogens is 497 g/mol. The summed E-state index contributed by atoms with van der Waals surface area (Å²) in [7, 11) is 1.63. The molecule has 3 aliphatic rings. The molecule has 1 unspecified atom stereocenters. The number of aliphatic imine (C=N–C) groups is 2. The van der Waals surface area contributed by atoms with Crippen LogP contribution in [-0.2, 0) is 9.59 Å². The van der Waals surface area contributed by atoms with Crippen LogP contribution in [0.1, 0.15) is 42.7 Å². The molecule has 1 saturated heterocycles. The van der Waals surface area contributed by atoms with Gasteiger partial charge in [-0.05, 0) is 67.3 Å². The molecule has 0 spiro atoms. The van der Waals surface area contributed by atoms with Gasteiger partial charge in [0.1, 0.15) is 11.6 Å². The maximum atomic E-state index is 13.6. The number of hydrogen-bond acceptors (Lipinski definition) is 5. The van der Waals surface area contributed by atoms with Crippen molar-refractivity contribution in [2.75, 3.05) is 20.2 Å². The quantitative estimate of drug-likeness (QED) is 0.384. The van der Waals surface area contributed by atoms with Gasteiger partial charge in [0.15, 0.2) is 6.04 Å². The minimum atomic E-state index is -0.844. The number of nitrogens with zero attached hydrogens (tertiary/aromatic N) is 3. The lowest BCUT2D eigenvalue weighted by atomic mass is 9.90. The number of rotatable bonds is 9. The van der Waals surface area contributed by atoms with Crippen LogP contribution in [0.15, 0.2) is 81.9 Å². The van der Waals surface area contributed by atoms with E-state index in [1.54, 1.807) is 36.3 Å². The fourth-order valence-electron chi connectivity index (χ4n) is 4.79. The second kappa shape index (κ2) is 11.5. The lowest BCUT2D eigenvalue weighted by Gasteiger charge is -2.39. The molecule has 2 heterocycles. The number of likely N-dealkylation sites (tertiary alicyclic amines) is 1. The van der Waals surface area contributed by atoms with Crippen LogP contribution in [0.25, 0.3) is 0 Å². The molecule has 1 aliphatic carbocycles. The molecule has 198 valence electrons. The van der Waals surface area contributed by atoms with Gasteiger partial charge in [0.05, 0.1) is 24.2 Å². The Morgan fingerprint density at radius 2 is 1.85 bits per heavy atom. The number of ether oxygens (including phenoxy) is 1. The average Bonchev–Trinajstić information content (AvgIpc) is 3.12. The molecule has 1 amide bonds. The van der Waals surface area contributed by atoms with Crippen LogP contribution in [0.4, 0.5) is 4.39 Å². The Balaban J connectivity index is 1.33. The molecule has 2 aromatic carbocycles. The van der Waals surface area contributed by atoms with E-state index in [4.69, 9.17) is 19.8 Å². The van der Waals surface area contributed by atoms with Crippen molar-refractivity contribution in [3.63, 3.8) is 0 Å². The number of carboxylic acids is 1. The van der Waals surface area contributed by atoms with E-state index in [-0.39, 0.29) is 24.1 Å². The van der Waals surface area contributed by atoms with Crippen LogP contribution in [0, 0.1) is 17.7 Å². The van der Waals surface area contributed by atoms with Gasteiger partial charge < -0.3 is 14.7 Å². The van der Waals surface area contributed by atoms with Crippen molar-refractivity contribution in [3.05, 3.63) is 88.9 Å². The predicted octanol–water partition coefficient (Wildman–Crippen LogP) is 4.54. The number of hydrogen-bond donors (Lipinski definition) is 1. The number of benzene rings is 2. The summed E-state index contributed by atoms with van der Waals surface area (Å²) in [5, 5.41) is 8.98. The highest BCUT2D eigenvalue weighted by molar-refractivity contribution is 6.49. The number of amides is 1. The van der Waals surface area contributed by atoms with Gasteiger partial charge in [-0.3, -0.25) is 19.6 Å². The average molecular weight is 526 g/mol. The summed E-state index contributed by atoms with van der Waals surface area (Å²) in [6.07, 6.45) is 5.04. The number of aliphatic carboxylic acids is 1. The first-order chi connectivity index (χ1) is 18.9. The van der Waals surface area contributed by atoms with E-state index in [0.717, 1.165) is 5.75 Å². The molecule has 7 nitrogen and oxygen atoms in total. The van der Waals surface area contributed by atoms with Crippen LogP contribution < -0.4 is 4.74 Å². The third kappa shape index (κ3) is 5.99. The minimum absolute atomic E-state index is 0.0713. The first kappa shape index (κ1) is 26.1. The summed E-state index contributed by atoms with van der Waals surface area (Å²) in [5.41, 5.74) is 4.21. The molecule has 2 aromatic rings. The van der Waals surface area contributed by atoms with Gasteiger partial charge in [-0.15, -0.1) is 0 Å². The molecular formula is C31H28FN3O4. The molecule has 1 fully saturated rings. The lowest BCUT2D eigenvalue weighted by Crippen LogP contribution is -2.48. The minimum Gasteiger partial charge on any atom is -0.497 e. The van der Waals surface area contributed by atoms with Crippen molar-refractivity contribution >= 4 is 23.3 Å². The van der Waals surface area contributed by atoms with Crippen molar-refractivity contribution in [1.29, 1.82) is 0 Å². The summed E-state index contributed by atoms with van der Waals surface area (Å²) in [4.78, 5) is 35.7. The summed E-state index contributed by atoms with van der Waals surface area (Å²) in [6.45, 7) is 1.24. The normalized spacial score (nSPS) is 18.2. The van der Waals surface area contributed by atoms with Crippen molar-refractivity contribution < 1.29 is 23.8 Å². The zero-order valence-corrected chi connectivity index (χ0v) is 21.6. The van der Waals surface area contributed by atoms with E-state index in [9.17, 15) is 14.0 Å². The number of allylic oxidation sites excluding steroid dienone is 1. The Kier molecular flexibility index (Phi) is 7.69. The molecule has 0 bridgehead atoms. The highest BCUT2D eigenvalue weighted by Crippen LogP contribution is 2.31. The maximum Gasteiger partial charge on any atom is 0.303 e. The van der Waals surface area contributed by atoms with Crippen LogP contribution in [0.3, 0.4) is 0 Å².